The van der Waals surface area contributed by atoms with Crippen molar-refractivity contribution < 1.29 is 17.7 Å². The molecule has 4 aromatic heterocycles. The second-order valence-corrected chi connectivity index (χ2v) is 17.0. The zero-order valence-corrected chi connectivity index (χ0v) is 35.7. The van der Waals surface area contributed by atoms with E-state index in [2.05, 4.69) is 183 Å². The summed E-state index contributed by atoms with van der Waals surface area (Å²) in [4.78, 5) is 4.63. The zero-order valence-electron chi connectivity index (χ0n) is 35.7. The highest BCUT2D eigenvalue weighted by Crippen LogP contribution is 2.52. The van der Waals surface area contributed by atoms with Crippen molar-refractivity contribution in [1.29, 1.82) is 0 Å². The summed E-state index contributed by atoms with van der Waals surface area (Å²) in [6.45, 7) is 8.62. The predicted octanol–water partition coefficient (Wildman–Crippen LogP) is 17.5. The van der Waals surface area contributed by atoms with Crippen molar-refractivity contribution in [3.8, 4) is 0 Å². The van der Waals surface area contributed by atoms with Gasteiger partial charge >= 0.3 is 0 Å². The van der Waals surface area contributed by atoms with Crippen molar-refractivity contribution in [3.05, 3.63) is 192 Å². The third kappa shape index (κ3) is 5.20. The molecule has 306 valence electrons. The van der Waals surface area contributed by atoms with Crippen LogP contribution in [-0.2, 0) is 0 Å². The summed E-state index contributed by atoms with van der Waals surface area (Å²) in [7, 11) is 0. The first-order chi connectivity index (χ1) is 31.4. The number of aryl methyl sites for hydroxylation is 4. The van der Waals surface area contributed by atoms with E-state index >= 15 is 0 Å². The largest absolute Gasteiger partial charge is 0.456 e. The molecule has 13 rings (SSSR count). The molecule has 0 N–H and O–H groups in total. The molecule has 0 aliphatic rings. The number of benzene rings is 9. The van der Waals surface area contributed by atoms with Crippen LogP contribution in [0.1, 0.15) is 22.3 Å². The van der Waals surface area contributed by atoms with Crippen LogP contribution in [0.3, 0.4) is 0 Å². The minimum absolute atomic E-state index is 0.763. The number of anilines is 6. The lowest BCUT2D eigenvalue weighted by atomic mass is 10.00. The molecule has 0 amide bonds. The first kappa shape index (κ1) is 36.4. The average molecular weight is 829 g/mol. The average Bonchev–Trinajstić information content (AvgIpc) is 4.08. The lowest BCUT2D eigenvalue weighted by Gasteiger charge is -2.28. The highest BCUT2D eigenvalue weighted by Gasteiger charge is 2.29. The number of rotatable bonds is 6. The third-order valence-corrected chi connectivity index (χ3v) is 13.2. The molecular weight excluding hydrogens is 789 g/mol. The van der Waals surface area contributed by atoms with Crippen LogP contribution in [0, 0.1) is 27.7 Å². The number of hydrogen-bond acceptors (Lipinski definition) is 6. The molecule has 13 aromatic rings. The molecule has 0 spiro atoms. The van der Waals surface area contributed by atoms with Gasteiger partial charge in [-0.15, -0.1) is 0 Å². The van der Waals surface area contributed by atoms with Gasteiger partial charge in [-0.25, -0.2) is 0 Å². The molecule has 0 fully saturated rings. The smallest absolute Gasteiger partial charge is 0.160 e. The highest BCUT2D eigenvalue weighted by atomic mass is 16.3. The van der Waals surface area contributed by atoms with Gasteiger partial charge in [0, 0.05) is 78.0 Å². The summed E-state index contributed by atoms with van der Waals surface area (Å²) >= 11 is 0. The van der Waals surface area contributed by atoms with Crippen LogP contribution >= 0.6 is 0 Å². The van der Waals surface area contributed by atoms with Gasteiger partial charge in [-0.2, -0.15) is 0 Å². The van der Waals surface area contributed by atoms with E-state index in [1.54, 1.807) is 0 Å². The lowest BCUT2D eigenvalue weighted by molar-refractivity contribution is 0.660. The second-order valence-electron chi connectivity index (χ2n) is 17.0. The fourth-order valence-electron chi connectivity index (χ4n) is 10.1. The van der Waals surface area contributed by atoms with Crippen LogP contribution in [0.5, 0.6) is 0 Å². The van der Waals surface area contributed by atoms with E-state index in [1.165, 1.54) is 0 Å². The Kier molecular flexibility index (Phi) is 7.76. The molecule has 6 nitrogen and oxygen atoms in total. The maximum absolute atomic E-state index is 7.07. The Labute approximate surface area is 367 Å². The van der Waals surface area contributed by atoms with Crippen LogP contribution in [0.25, 0.3) is 87.8 Å². The second kappa shape index (κ2) is 13.6. The Bertz CT molecular complexity index is 3690. The Morgan fingerprint density at radius 3 is 0.953 bits per heavy atom. The van der Waals surface area contributed by atoms with E-state index in [4.69, 9.17) is 17.7 Å². The number of furan rings is 4. The minimum Gasteiger partial charge on any atom is -0.456 e. The van der Waals surface area contributed by atoms with Crippen molar-refractivity contribution in [2.75, 3.05) is 9.80 Å². The molecule has 0 saturated heterocycles. The van der Waals surface area contributed by atoms with E-state index < -0.39 is 0 Å². The van der Waals surface area contributed by atoms with Crippen LogP contribution in [0.15, 0.2) is 188 Å². The van der Waals surface area contributed by atoms with Crippen LogP contribution in [0.2, 0.25) is 0 Å². The van der Waals surface area contributed by atoms with Gasteiger partial charge in [-0.3, -0.25) is 0 Å². The van der Waals surface area contributed by atoms with Crippen LogP contribution < -0.4 is 9.80 Å². The van der Waals surface area contributed by atoms with E-state index in [1.807, 2.05) is 24.3 Å². The summed E-state index contributed by atoms with van der Waals surface area (Å²) < 4.78 is 28.0. The van der Waals surface area contributed by atoms with E-state index in [0.29, 0.717) is 0 Å². The normalized spacial score (nSPS) is 12.1. The van der Waals surface area contributed by atoms with Gasteiger partial charge in [-0.1, -0.05) is 109 Å². The van der Waals surface area contributed by atoms with Crippen LogP contribution in [0.4, 0.5) is 34.1 Å². The summed E-state index contributed by atoms with van der Waals surface area (Å²) in [5, 5.41) is 7.94. The van der Waals surface area contributed by atoms with E-state index in [-0.39, 0.29) is 0 Å². The molecule has 0 aliphatic heterocycles. The molecule has 64 heavy (non-hydrogen) atoms. The lowest BCUT2D eigenvalue weighted by Crippen LogP contribution is -2.12. The minimum atomic E-state index is 0.763. The van der Waals surface area contributed by atoms with Crippen molar-refractivity contribution in [2.24, 2.45) is 0 Å². The maximum atomic E-state index is 7.07. The molecule has 4 heterocycles. The monoisotopic (exact) mass is 828 g/mol. The topological polar surface area (TPSA) is 59.0 Å². The Morgan fingerprint density at radius 2 is 0.594 bits per heavy atom. The Morgan fingerprint density at radius 1 is 0.266 bits per heavy atom. The molecule has 0 aliphatic carbocycles. The first-order valence-electron chi connectivity index (χ1n) is 21.7. The van der Waals surface area contributed by atoms with Crippen molar-refractivity contribution in [2.45, 2.75) is 27.7 Å². The fraction of sp³-hybridized carbons (Fsp3) is 0.0690. The van der Waals surface area contributed by atoms with E-state index in [9.17, 15) is 0 Å². The number of nitrogens with zero attached hydrogens (tertiary/aromatic N) is 2. The predicted molar refractivity (Wildman–Crippen MR) is 264 cm³/mol. The summed E-state index contributed by atoms with van der Waals surface area (Å²) in [6.07, 6.45) is 0. The molecule has 0 bridgehead atoms. The molecule has 0 saturated carbocycles. The van der Waals surface area contributed by atoms with E-state index in [0.717, 1.165) is 144 Å². The Balaban J connectivity index is 1.13. The summed E-state index contributed by atoms with van der Waals surface area (Å²) in [6, 6.07) is 59.2. The Hall–Kier alpha value is -8.22. The van der Waals surface area contributed by atoms with Crippen molar-refractivity contribution in [1.82, 2.24) is 0 Å². The van der Waals surface area contributed by atoms with Gasteiger partial charge in [0.15, 0.2) is 11.2 Å². The molecule has 6 heteroatoms. The number of hydrogen-bond donors (Lipinski definition) is 0. The fourth-order valence-corrected chi connectivity index (χ4v) is 10.1. The highest BCUT2D eigenvalue weighted by molar-refractivity contribution is 6.33. The molecule has 0 radical (unpaired) electrons. The number of para-hydroxylation sites is 6. The van der Waals surface area contributed by atoms with Gasteiger partial charge < -0.3 is 27.5 Å². The molecular formula is C58H40N2O4. The first-order valence-corrected chi connectivity index (χ1v) is 21.7. The van der Waals surface area contributed by atoms with Gasteiger partial charge in [0.25, 0.3) is 0 Å². The zero-order chi connectivity index (χ0) is 42.8. The molecule has 9 aromatic carbocycles. The summed E-state index contributed by atoms with van der Waals surface area (Å²) in [5.74, 6) is 0. The molecule has 0 unspecified atom stereocenters. The third-order valence-electron chi connectivity index (χ3n) is 13.2. The van der Waals surface area contributed by atoms with Gasteiger partial charge in [-0.05, 0) is 98.5 Å². The molecule has 0 atom stereocenters. The number of fused-ring (bicyclic) bond motifs is 14. The van der Waals surface area contributed by atoms with Crippen LogP contribution in [-0.4, -0.2) is 0 Å². The quantitative estimate of drug-likeness (QED) is 0.166. The van der Waals surface area contributed by atoms with Gasteiger partial charge in [0.05, 0.1) is 11.4 Å². The summed E-state index contributed by atoms with van der Waals surface area (Å²) in [5.41, 5.74) is 16.9. The van der Waals surface area contributed by atoms with Gasteiger partial charge in [0.2, 0.25) is 0 Å². The standard InChI is InChI=1S/C58H40N2O4/c1-33-17-5-11-23-41(33)59(42-24-12-6-18-34(42)2)45-31-51-53(55-37-21-9-15-27-47(37)63-57(45)55)39-29-50-40(30-49(39)61-51)54-52(62-50)32-46(58-56(54)38-22-10-16-28-48(38)64-58)60(43-25-13-7-19-35(43)3)44-26-14-8-20-36(44)4/h5-32H,1-4H3. The van der Waals surface area contributed by atoms with Gasteiger partial charge in [0.1, 0.15) is 33.5 Å². The maximum Gasteiger partial charge on any atom is 0.160 e. The SMILES string of the molecule is Cc1ccccc1N(c1ccccc1C)c1cc2oc3cc4c(cc3c2c2c1oc1ccccc12)oc1cc(N(c2ccccc2C)c2ccccc2C)c2oc3ccccc3c2c14. The van der Waals surface area contributed by atoms with Crippen molar-refractivity contribution >= 4 is 122 Å². The van der Waals surface area contributed by atoms with Crippen molar-refractivity contribution in [3.63, 3.8) is 0 Å².